The first-order valence-electron chi connectivity index (χ1n) is 7.39. The van der Waals surface area contributed by atoms with Crippen LogP contribution >= 0.6 is 34.8 Å². The summed E-state index contributed by atoms with van der Waals surface area (Å²) in [7, 11) is 0. The number of halogens is 3. The molecule has 0 radical (unpaired) electrons. The van der Waals surface area contributed by atoms with Gasteiger partial charge >= 0.3 is 12.1 Å². The average molecular weight is 417 g/mol. The summed E-state index contributed by atoms with van der Waals surface area (Å²) in [6.07, 6.45) is -1.69. The molecule has 140 valence electrons. The number of hydrogen-bond donors (Lipinski definition) is 1. The minimum Gasteiger partial charge on any atom is -0.496 e. The minimum absolute atomic E-state index is 0.168. The van der Waals surface area contributed by atoms with E-state index in [-0.39, 0.29) is 24.5 Å². The highest BCUT2D eigenvalue weighted by Crippen LogP contribution is 2.44. The summed E-state index contributed by atoms with van der Waals surface area (Å²) in [6, 6.07) is -0.448. The number of fused-ring (bicyclic) bond motifs is 1. The van der Waals surface area contributed by atoms with Gasteiger partial charge in [0, 0.05) is 6.42 Å². The number of ether oxygens (including phenoxy) is 3. The fourth-order valence-corrected chi connectivity index (χ4v) is 3.08. The zero-order valence-corrected chi connectivity index (χ0v) is 15.6. The van der Waals surface area contributed by atoms with Crippen LogP contribution in [0.5, 0.6) is 0 Å². The molecule has 1 amide bonds. The summed E-state index contributed by atoms with van der Waals surface area (Å²) < 4.78 is 13.2. The van der Waals surface area contributed by atoms with Crippen molar-refractivity contribution in [2.75, 3.05) is 13.2 Å². The lowest BCUT2D eigenvalue weighted by Gasteiger charge is -2.44. The number of rotatable bonds is 6. The molecule has 2 aliphatic heterocycles. The molecule has 0 aliphatic carbocycles. The minimum atomic E-state index is -1.77. The summed E-state index contributed by atoms with van der Waals surface area (Å²) in [5, 5.41) is 9.29. The van der Waals surface area contributed by atoms with Crippen molar-refractivity contribution in [1.82, 2.24) is 4.90 Å². The third kappa shape index (κ3) is 4.24. The highest BCUT2D eigenvalue weighted by Gasteiger charge is 2.58. The van der Waals surface area contributed by atoms with Crippen LogP contribution in [0.15, 0.2) is 11.5 Å². The van der Waals surface area contributed by atoms with Crippen LogP contribution < -0.4 is 0 Å². The van der Waals surface area contributed by atoms with Gasteiger partial charge in [-0.15, -0.1) is 0 Å². The van der Waals surface area contributed by atoms with Crippen molar-refractivity contribution < 1.29 is 33.7 Å². The maximum Gasteiger partial charge on any atom is 0.508 e. The monoisotopic (exact) mass is 415 g/mol. The Balaban J connectivity index is 1.99. The Morgan fingerprint density at radius 1 is 1.40 bits per heavy atom. The normalized spacial score (nSPS) is 23.7. The van der Waals surface area contributed by atoms with E-state index in [4.69, 9.17) is 44.3 Å². The van der Waals surface area contributed by atoms with Crippen molar-refractivity contribution in [3.63, 3.8) is 0 Å². The highest BCUT2D eigenvalue weighted by atomic mass is 35.6. The van der Waals surface area contributed by atoms with Crippen LogP contribution in [0.25, 0.3) is 0 Å². The fourth-order valence-electron chi connectivity index (χ4n) is 2.92. The first kappa shape index (κ1) is 19.9. The van der Waals surface area contributed by atoms with Crippen molar-refractivity contribution in [2.24, 2.45) is 5.92 Å². The molecular formula is C14H16Cl3NO7. The van der Waals surface area contributed by atoms with E-state index in [1.165, 1.54) is 6.92 Å². The van der Waals surface area contributed by atoms with Gasteiger partial charge in [0.25, 0.3) is 0 Å². The molecule has 0 aromatic heterocycles. The predicted octanol–water partition coefficient (Wildman–Crippen LogP) is 2.46. The molecule has 2 aliphatic rings. The Labute approximate surface area is 158 Å². The van der Waals surface area contributed by atoms with Gasteiger partial charge in [-0.25, -0.2) is 9.59 Å². The molecule has 25 heavy (non-hydrogen) atoms. The number of carboxylic acid groups (broad SMARTS) is 1. The molecule has 0 saturated carbocycles. The fraction of sp³-hybridized carbons (Fsp3) is 0.643. The van der Waals surface area contributed by atoms with E-state index in [9.17, 15) is 19.5 Å². The van der Waals surface area contributed by atoms with Crippen molar-refractivity contribution >= 4 is 52.8 Å². The average Bonchev–Trinajstić information content (AvgIpc) is 2.79. The Kier molecular flexibility index (Phi) is 5.96. The lowest BCUT2D eigenvalue weighted by Crippen LogP contribution is -2.62. The van der Waals surface area contributed by atoms with Gasteiger partial charge in [-0.05, 0) is 13.8 Å². The summed E-state index contributed by atoms with van der Waals surface area (Å²) in [5.41, 5.74) is -0.168. The third-order valence-electron chi connectivity index (χ3n) is 3.83. The number of carboxylic acids is 1. The summed E-state index contributed by atoms with van der Waals surface area (Å²) in [5.74, 6) is -2.17. The summed E-state index contributed by atoms with van der Waals surface area (Å²) >= 11 is 16.4. The van der Waals surface area contributed by atoms with Gasteiger partial charge in [0.15, 0.2) is 5.70 Å². The third-order valence-corrected chi connectivity index (χ3v) is 4.16. The van der Waals surface area contributed by atoms with Gasteiger partial charge in [-0.2, -0.15) is 0 Å². The molecule has 0 aromatic carbocycles. The lowest BCUT2D eigenvalue weighted by molar-refractivity contribution is -0.162. The number of amides is 1. The number of aliphatic carboxylic acids is 1. The van der Waals surface area contributed by atoms with Crippen LogP contribution in [0.3, 0.4) is 0 Å². The zero-order chi connectivity index (χ0) is 18.9. The molecule has 3 atom stereocenters. The highest BCUT2D eigenvalue weighted by molar-refractivity contribution is 6.67. The lowest BCUT2D eigenvalue weighted by atomic mass is 9.83. The largest absolute Gasteiger partial charge is 0.508 e. The topological polar surface area (TPSA) is 102 Å². The van der Waals surface area contributed by atoms with Crippen molar-refractivity contribution in [1.29, 1.82) is 0 Å². The molecule has 0 aromatic rings. The molecule has 2 rings (SSSR count). The molecule has 0 bridgehead atoms. The van der Waals surface area contributed by atoms with Gasteiger partial charge in [0.2, 0.25) is 9.70 Å². The van der Waals surface area contributed by atoms with Crippen LogP contribution in [-0.2, 0) is 23.8 Å². The number of nitrogens with zero attached hydrogens (tertiary/aromatic N) is 1. The van der Waals surface area contributed by atoms with Crippen LogP contribution in [-0.4, -0.2) is 57.2 Å². The first-order chi connectivity index (χ1) is 11.6. The van der Waals surface area contributed by atoms with E-state index in [0.29, 0.717) is 0 Å². The van der Waals surface area contributed by atoms with Crippen molar-refractivity contribution in [3.8, 4) is 0 Å². The Morgan fingerprint density at radius 2 is 2.04 bits per heavy atom. The number of alkyl halides is 3. The van der Waals surface area contributed by atoms with Gasteiger partial charge in [0.05, 0.1) is 18.6 Å². The van der Waals surface area contributed by atoms with Crippen LogP contribution in [0.2, 0.25) is 0 Å². The molecule has 8 nitrogen and oxygen atoms in total. The smallest absolute Gasteiger partial charge is 0.496 e. The summed E-state index contributed by atoms with van der Waals surface area (Å²) in [4.78, 5) is 36.5. The van der Waals surface area contributed by atoms with E-state index in [1.807, 2.05) is 0 Å². The van der Waals surface area contributed by atoms with Gasteiger partial charge in [-0.1, -0.05) is 34.8 Å². The molecule has 11 heteroatoms. The first-order valence-corrected chi connectivity index (χ1v) is 8.52. The molecule has 1 saturated heterocycles. The summed E-state index contributed by atoms with van der Waals surface area (Å²) in [6.45, 7) is 3.00. The number of hydrogen-bond acceptors (Lipinski definition) is 6. The second-order valence-electron chi connectivity index (χ2n) is 5.49. The second-order valence-corrected chi connectivity index (χ2v) is 8.01. The molecular weight excluding hydrogens is 401 g/mol. The van der Waals surface area contributed by atoms with E-state index in [1.54, 1.807) is 6.92 Å². The maximum atomic E-state index is 12.3. The second kappa shape index (κ2) is 7.47. The van der Waals surface area contributed by atoms with E-state index in [2.05, 4.69) is 4.74 Å². The maximum absolute atomic E-state index is 12.3. The molecule has 0 spiro atoms. The molecule has 1 N–H and O–H groups in total. The molecule has 1 fully saturated rings. The number of carbonyl (C=O) groups is 3. The predicted molar refractivity (Wildman–Crippen MR) is 87.2 cm³/mol. The van der Waals surface area contributed by atoms with Gasteiger partial charge in [0.1, 0.15) is 18.5 Å². The van der Waals surface area contributed by atoms with E-state index < -0.39 is 46.5 Å². The zero-order valence-electron chi connectivity index (χ0n) is 13.3. The van der Waals surface area contributed by atoms with Crippen molar-refractivity contribution in [2.45, 2.75) is 36.2 Å². The van der Waals surface area contributed by atoms with Crippen LogP contribution in [0.1, 0.15) is 20.3 Å². The van der Waals surface area contributed by atoms with Crippen LogP contribution in [0.4, 0.5) is 4.79 Å². The quantitative estimate of drug-likeness (QED) is 0.403. The van der Waals surface area contributed by atoms with E-state index >= 15 is 0 Å². The number of β-lactam (4-membered cyclic amide) rings is 1. The molecule has 1 unspecified atom stereocenters. The standard InChI is InChI=1S/C14H16Cl3NO7/c1-3-23-8-4-7-9(11(19)18(7)10(8)12(20)21)6(2)25-13(22)24-5-14(15,16)17/h6-7,9H,3-5H2,1-2H3,(H,20,21)/t6?,7-,9-/m1/s1. The molecule has 2 heterocycles. The SMILES string of the molecule is CCOC1=C(C(=O)O)N2C(=O)[C@H](C(C)OC(=O)OCC(Cl)(Cl)Cl)[C@H]2C1. The number of carbonyl (C=O) groups excluding carboxylic acids is 2. The Hall–Kier alpha value is -1.38. The van der Waals surface area contributed by atoms with Crippen molar-refractivity contribution in [3.05, 3.63) is 11.5 Å². The van der Waals surface area contributed by atoms with Gasteiger partial charge < -0.3 is 19.3 Å². The Morgan fingerprint density at radius 3 is 2.56 bits per heavy atom. The Bertz CT molecular complexity index is 616. The van der Waals surface area contributed by atoms with Gasteiger partial charge in [-0.3, -0.25) is 9.69 Å². The van der Waals surface area contributed by atoms with Crippen LogP contribution in [0, 0.1) is 5.92 Å². The van der Waals surface area contributed by atoms with E-state index in [0.717, 1.165) is 4.90 Å².